The standard InChI is InChI=1S/C21H19BrN2O4/c1-14-4-2-7-17(12-14)27-11-10-23-20(25)15-5-3-6-16(13-15)24-21(26)18-8-9-19(22)28-18/h2-9,12-13H,10-11H2,1H3,(H,23,25)(H,24,26). The van der Waals surface area contributed by atoms with Gasteiger partial charge >= 0.3 is 0 Å². The third-order valence-electron chi connectivity index (χ3n) is 3.83. The molecular weight excluding hydrogens is 424 g/mol. The highest BCUT2D eigenvalue weighted by molar-refractivity contribution is 9.10. The highest BCUT2D eigenvalue weighted by Gasteiger charge is 2.12. The molecule has 0 spiro atoms. The summed E-state index contributed by atoms with van der Waals surface area (Å²) in [6.45, 7) is 2.72. The number of ether oxygens (including phenoxy) is 1. The van der Waals surface area contributed by atoms with E-state index in [-0.39, 0.29) is 11.7 Å². The molecule has 0 aliphatic heterocycles. The van der Waals surface area contributed by atoms with Crippen molar-refractivity contribution in [2.24, 2.45) is 0 Å². The monoisotopic (exact) mass is 442 g/mol. The number of aryl methyl sites for hydroxylation is 1. The molecule has 6 nitrogen and oxygen atoms in total. The molecule has 7 heteroatoms. The lowest BCUT2D eigenvalue weighted by Gasteiger charge is -2.09. The molecule has 0 radical (unpaired) electrons. The topological polar surface area (TPSA) is 80.6 Å². The number of benzene rings is 2. The Morgan fingerprint density at radius 2 is 1.86 bits per heavy atom. The molecule has 1 aromatic heterocycles. The van der Waals surface area contributed by atoms with E-state index in [4.69, 9.17) is 9.15 Å². The van der Waals surface area contributed by atoms with Gasteiger partial charge in [-0.05, 0) is 70.9 Å². The number of amides is 2. The van der Waals surface area contributed by atoms with Crippen molar-refractivity contribution in [2.45, 2.75) is 6.92 Å². The maximum atomic E-state index is 12.3. The van der Waals surface area contributed by atoms with Crippen molar-refractivity contribution in [3.8, 4) is 5.75 Å². The Hall–Kier alpha value is -3.06. The molecule has 0 saturated carbocycles. The van der Waals surface area contributed by atoms with Gasteiger partial charge in [-0.3, -0.25) is 9.59 Å². The van der Waals surface area contributed by atoms with Crippen LogP contribution in [0.4, 0.5) is 5.69 Å². The molecule has 1 heterocycles. The smallest absolute Gasteiger partial charge is 0.291 e. The maximum Gasteiger partial charge on any atom is 0.291 e. The predicted molar refractivity (Wildman–Crippen MR) is 110 cm³/mol. The third kappa shape index (κ3) is 5.47. The Balaban J connectivity index is 1.51. The van der Waals surface area contributed by atoms with Crippen LogP contribution in [-0.2, 0) is 0 Å². The molecule has 28 heavy (non-hydrogen) atoms. The minimum Gasteiger partial charge on any atom is -0.492 e. The second kappa shape index (κ2) is 9.23. The first kappa shape index (κ1) is 19.7. The van der Waals surface area contributed by atoms with Gasteiger partial charge in [0.05, 0.1) is 6.54 Å². The van der Waals surface area contributed by atoms with Crippen LogP contribution < -0.4 is 15.4 Å². The number of furan rings is 1. The van der Waals surface area contributed by atoms with Crippen LogP contribution in [0, 0.1) is 6.92 Å². The quantitative estimate of drug-likeness (QED) is 0.530. The Labute approximate surface area is 171 Å². The van der Waals surface area contributed by atoms with Crippen LogP contribution >= 0.6 is 15.9 Å². The zero-order valence-electron chi connectivity index (χ0n) is 15.2. The van der Waals surface area contributed by atoms with Crippen LogP contribution in [-0.4, -0.2) is 25.0 Å². The Morgan fingerprint density at radius 3 is 2.61 bits per heavy atom. The van der Waals surface area contributed by atoms with E-state index in [0.29, 0.717) is 29.1 Å². The lowest BCUT2D eigenvalue weighted by atomic mass is 10.2. The summed E-state index contributed by atoms with van der Waals surface area (Å²) in [6, 6.07) is 17.6. The Morgan fingerprint density at radius 1 is 1.04 bits per heavy atom. The maximum absolute atomic E-state index is 12.3. The zero-order valence-corrected chi connectivity index (χ0v) is 16.8. The van der Waals surface area contributed by atoms with E-state index in [1.54, 1.807) is 36.4 Å². The number of hydrogen-bond donors (Lipinski definition) is 2. The van der Waals surface area contributed by atoms with Crippen molar-refractivity contribution in [3.05, 3.63) is 82.2 Å². The van der Waals surface area contributed by atoms with Crippen molar-refractivity contribution in [2.75, 3.05) is 18.5 Å². The Bertz CT molecular complexity index is 984. The van der Waals surface area contributed by atoms with Crippen LogP contribution in [0.25, 0.3) is 0 Å². The van der Waals surface area contributed by atoms with Crippen molar-refractivity contribution in [1.82, 2.24) is 5.32 Å². The van der Waals surface area contributed by atoms with Crippen molar-refractivity contribution in [3.63, 3.8) is 0 Å². The van der Waals surface area contributed by atoms with Gasteiger partial charge in [-0.25, -0.2) is 0 Å². The van der Waals surface area contributed by atoms with Gasteiger partial charge in [0, 0.05) is 11.3 Å². The molecule has 3 aromatic rings. The molecule has 2 N–H and O–H groups in total. The molecule has 0 aliphatic rings. The number of anilines is 1. The summed E-state index contributed by atoms with van der Waals surface area (Å²) in [5, 5.41) is 5.50. The first-order valence-corrected chi connectivity index (χ1v) is 9.45. The third-order valence-corrected chi connectivity index (χ3v) is 4.25. The number of hydrogen-bond acceptors (Lipinski definition) is 4. The van der Waals surface area contributed by atoms with Crippen molar-refractivity contribution in [1.29, 1.82) is 0 Å². The number of carbonyl (C=O) groups excluding carboxylic acids is 2. The largest absolute Gasteiger partial charge is 0.492 e. The summed E-state index contributed by atoms with van der Waals surface area (Å²) in [4.78, 5) is 24.5. The highest BCUT2D eigenvalue weighted by Crippen LogP contribution is 2.17. The number of halogens is 1. The zero-order chi connectivity index (χ0) is 19.9. The van der Waals surface area contributed by atoms with E-state index in [1.807, 2.05) is 31.2 Å². The molecule has 144 valence electrons. The van der Waals surface area contributed by atoms with Crippen LogP contribution in [0.1, 0.15) is 26.5 Å². The van der Waals surface area contributed by atoms with Crippen LogP contribution in [0.3, 0.4) is 0 Å². The summed E-state index contributed by atoms with van der Waals surface area (Å²) < 4.78 is 11.3. The van der Waals surface area contributed by atoms with Crippen LogP contribution in [0.5, 0.6) is 5.75 Å². The lowest BCUT2D eigenvalue weighted by Crippen LogP contribution is -2.28. The van der Waals surface area contributed by atoms with Crippen LogP contribution in [0.2, 0.25) is 0 Å². The van der Waals surface area contributed by atoms with Crippen molar-refractivity contribution < 1.29 is 18.7 Å². The van der Waals surface area contributed by atoms with E-state index in [0.717, 1.165) is 11.3 Å². The minimum absolute atomic E-state index is 0.176. The SMILES string of the molecule is Cc1cccc(OCCNC(=O)c2cccc(NC(=O)c3ccc(Br)o3)c2)c1. The second-order valence-corrected chi connectivity index (χ2v) is 6.84. The fourth-order valence-corrected chi connectivity index (χ4v) is 2.81. The summed E-state index contributed by atoms with van der Waals surface area (Å²) >= 11 is 3.15. The Kier molecular flexibility index (Phi) is 6.49. The number of carbonyl (C=O) groups is 2. The number of nitrogens with one attached hydrogen (secondary N) is 2. The molecule has 3 rings (SSSR count). The fraction of sp³-hybridized carbons (Fsp3) is 0.143. The van der Waals surface area contributed by atoms with Gasteiger partial charge < -0.3 is 19.8 Å². The predicted octanol–water partition coefficient (Wildman–Crippen LogP) is 4.41. The van der Waals surface area contributed by atoms with Gasteiger partial charge in [0.1, 0.15) is 12.4 Å². The van der Waals surface area contributed by atoms with E-state index < -0.39 is 5.91 Å². The normalized spacial score (nSPS) is 10.4. The molecular formula is C21H19BrN2O4. The van der Waals surface area contributed by atoms with Gasteiger partial charge in [0.25, 0.3) is 11.8 Å². The summed E-state index contributed by atoms with van der Waals surface area (Å²) in [6.07, 6.45) is 0. The molecule has 0 fully saturated rings. The second-order valence-electron chi connectivity index (χ2n) is 6.06. The van der Waals surface area contributed by atoms with Gasteiger partial charge in [-0.15, -0.1) is 0 Å². The van der Waals surface area contributed by atoms with E-state index in [9.17, 15) is 9.59 Å². The molecule has 0 atom stereocenters. The van der Waals surface area contributed by atoms with Gasteiger partial charge in [-0.2, -0.15) is 0 Å². The molecule has 2 amide bonds. The number of rotatable bonds is 7. The fourth-order valence-electron chi connectivity index (χ4n) is 2.51. The molecule has 0 unspecified atom stereocenters. The van der Waals surface area contributed by atoms with E-state index >= 15 is 0 Å². The highest BCUT2D eigenvalue weighted by atomic mass is 79.9. The first-order valence-electron chi connectivity index (χ1n) is 8.66. The molecule has 0 bridgehead atoms. The summed E-state index contributed by atoms with van der Waals surface area (Å²) in [7, 11) is 0. The first-order chi connectivity index (χ1) is 13.5. The van der Waals surface area contributed by atoms with Crippen LogP contribution in [0.15, 0.2) is 69.8 Å². The van der Waals surface area contributed by atoms with Gasteiger partial charge in [-0.1, -0.05) is 18.2 Å². The van der Waals surface area contributed by atoms with Crippen molar-refractivity contribution >= 4 is 33.4 Å². The summed E-state index contributed by atoms with van der Waals surface area (Å²) in [5.74, 6) is 0.304. The summed E-state index contributed by atoms with van der Waals surface area (Å²) in [5.41, 5.74) is 2.05. The molecule has 0 saturated heterocycles. The molecule has 2 aromatic carbocycles. The van der Waals surface area contributed by atoms with E-state index in [1.165, 1.54) is 0 Å². The molecule has 0 aliphatic carbocycles. The van der Waals surface area contributed by atoms with Gasteiger partial charge in [0.15, 0.2) is 10.4 Å². The lowest BCUT2D eigenvalue weighted by molar-refractivity contribution is 0.0945. The minimum atomic E-state index is -0.394. The average molecular weight is 443 g/mol. The van der Waals surface area contributed by atoms with E-state index in [2.05, 4.69) is 26.6 Å². The average Bonchev–Trinajstić information content (AvgIpc) is 3.12. The van der Waals surface area contributed by atoms with Gasteiger partial charge in [0.2, 0.25) is 0 Å².